The van der Waals surface area contributed by atoms with Crippen molar-refractivity contribution in [2.45, 2.75) is 64.3 Å². The van der Waals surface area contributed by atoms with E-state index in [1.54, 1.807) is 13.8 Å². The van der Waals surface area contributed by atoms with E-state index in [1.807, 2.05) is 0 Å². The van der Waals surface area contributed by atoms with Crippen molar-refractivity contribution in [2.75, 3.05) is 6.54 Å². The van der Waals surface area contributed by atoms with Gasteiger partial charge in [-0.3, -0.25) is 19.2 Å². The first-order valence-electron chi connectivity index (χ1n) is 9.16. The Hall–Kier alpha value is -2.73. The van der Waals surface area contributed by atoms with Gasteiger partial charge in [-0.1, -0.05) is 20.3 Å². The molecular weight excluding hydrogens is 388 g/mol. The van der Waals surface area contributed by atoms with Gasteiger partial charge in [0.1, 0.15) is 12.1 Å². The van der Waals surface area contributed by atoms with Crippen molar-refractivity contribution in [3.63, 3.8) is 0 Å². The first-order valence-corrected chi connectivity index (χ1v) is 9.16. The van der Waals surface area contributed by atoms with Crippen LogP contribution in [-0.4, -0.2) is 75.8 Å². The Morgan fingerprint density at radius 2 is 1.55 bits per heavy atom. The lowest BCUT2D eigenvalue weighted by Crippen LogP contribution is -2.58. The Labute approximate surface area is 168 Å². The summed E-state index contributed by atoms with van der Waals surface area (Å²) in [7, 11) is 0. The standard InChI is InChI=1S/C17H30N4O8/c1-4-8(2)13(17(28)29)21-16(27)14(9(3)22)20-11(23)7-19-15(26)10(18)5-6-12(24)25/h8-10,13-14,22H,4-7,18H2,1-3H3,(H,19,26)(H,20,23)(H,21,27)(H,24,25)(H,28,29). The van der Waals surface area contributed by atoms with Gasteiger partial charge in [-0.2, -0.15) is 0 Å². The van der Waals surface area contributed by atoms with Gasteiger partial charge in [-0.25, -0.2) is 4.79 Å². The number of nitrogens with one attached hydrogen (secondary N) is 3. The molecule has 3 amide bonds. The molecule has 0 radical (unpaired) electrons. The monoisotopic (exact) mass is 418 g/mol. The molecule has 0 bridgehead atoms. The molecule has 0 saturated carbocycles. The van der Waals surface area contributed by atoms with Gasteiger partial charge < -0.3 is 37.0 Å². The van der Waals surface area contributed by atoms with Crippen LogP contribution in [-0.2, 0) is 24.0 Å². The highest BCUT2D eigenvalue weighted by Gasteiger charge is 2.31. The van der Waals surface area contributed by atoms with E-state index in [9.17, 15) is 34.2 Å². The van der Waals surface area contributed by atoms with Crippen molar-refractivity contribution < 1.29 is 39.3 Å². The smallest absolute Gasteiger partial charge is 0.326 e. The third-order valence-corrected chi connectivity index (χ3v) is 4.29. The molecule has 12 nitrogen and oxygen atoms in total. The number of carboxylic acid groups (broad SMARTS) is 2. The van der Waals surface area contributed by atoms with Crippen LogP contribution in [0.5, 0.6) is 0 Å². The van der Waals surface area contributed by atoms with Gasteiger partial charge in [-0.15, -0.1) is 0 Å². The minimum Gasteiger partial charge on any atom is -0.481 e. The van der Waals surface area contributed by atoms with Crippen LogP contribution >= 0.6 is 0 Å². The summed E-state index contributed by atoms with van der Waals surface area (Å²) in [6.07, 6.45) is -1.28. The molecule has 0 aliphatic heterocycles. The number of hydrogen-bond donors (Lipinski definition) is 7. The van der Waals surface area contributed by atoms with Crippen molar-refractivity contribution in [1.82, 2.24) is 16.0 Å². The summed E-state index contributed by atoms with van der Waals surface area (Å²) in [5.74, 6) is -5.19. The van der Waals surface area contributed by atoms with E-state index in [4.69, 9.17) is 10.8 Å². The van der Waals surface area contributed by atoms with Crippen LogP contribution in [0.2, 0.25) is 0 Å². The first kappa shape index (κ1) is 26.3. The fourth-order valence-electron chi connectivity index (χ4n) is 2.26. The number of carbonyl (C=O) groups is 5. The molecule has 166 valence electrons. The molecule has 0 heterocycles. The molecule has 5 atom stereocenters. The molecule has 8 N–H and O–H groups in total. The predicted octanol–water partition coefficient (Wildman–Crippen LogP) is -2.22. The summed E-state index contributed by atoms with van der Waals surface area (Å²) in [4.78, 5) is 57.9. The SMILES string of the molecule is CCC(C)C(NC(=O)C(NC(=O)CNC(=O)C(N)CCC(=O)O)C(C)O)C(=O)O. The number of amides is 3. The van der Waals surface area contributed by atoms with E-state index in [2.05, 4.69) is 16.0 Å². The molecule has 0 saturated heterocycles. The lowest BCUT2D eigenvalue weighted by molar-refractivity contribution is -0.144. The van der Waals surface area contributed by atoms with Gasteiger partial charge >= 0.3 is 11.9 Å². The lowest BCUT2D eigenvalue weighted by Gasteiger charge is -2.25. The maximum atomic E-state index is 12.3. The largest absolute Gasteiger partial charge is 0.481 e. The van der Waals surface area contributed by atoms with Crippen LogP contribution in [0.3, 0.4) is 0 Å². The van der Waals surface area contributed by atoms with Crippen molar-refractivity contribution in [1.29, 1.82) is 0 Å². The highest BCUT2D eigenvalue weighted by atomic mass is 16.4. The molecule has 0 aliphatic carbocycles. The summed E-state index contributed by atoms with van der Waals surface area (Å²) in [6, 6.07) is -3.76. The number of aliphatic hydroxyl groups excluding tert-OH is 1. The number of hydrogen-bond acceptors (Lipinski definition) is 7. The Morgan fingerprint density at radius 3 is 2.00 bits per heavy atom. The number of rotatable bonds is 13. The van der Waals surface area contributed by atoms with E-state index in [0.29, 0.717) is 6.42 Å². The second-order valence-corrected chi connectivity index (χ2v) is 6.75. The average molecular weight is 418 g/mol. The first-order chi connectivity index (χ1) is 13.4. The summed E-state index contributed by atoms with van der Waals surface area (Å²) < 4.78 is 0. The number of carbonyl (C=O) groups excluding carboxylic acids is 3. The minimum absolute atomic E-state index is 0.117. The van der Waals surface area contributed by atoms with Crippen LogP contribution in [0.4, 0.5) is 0 Å². The third kappa shape index (κ3) is 9.85. The number of aliphatic hydroxyl groups is 1. The summed E-state index contributed by atoms with van der Waals surface area (Å²) in [6.45, 7) is 4.07. The molecule has 5 unspecified atom stereocenters. The average Bonchev–Trinajstić information content (AvgIpc) is 2.64. The third-order valence-electron chi connectivity index (χ3n) is 4.29. The normalized spacial score (nSPS) is 15.9. The highest BCUT2D eigenvalue weighted by molar-refractivity contribution is 5.93. The summed E-state index contributed by atoms with van der Waals surface area (Å²) in [5, 5.41) is 34.3. The van der Waals surface area contributed by atoms with Gasteiger partial charge in [0, 0.05) is 6.42 Å². The van der Waals surface area contributed by atoms with Crippen molar-refractivity contribution in [3.8, 4) is 0 Å². The number of aliphatic carboxylic acids is 2. The van der Waals surface area contributed by atoms with Crippen LogP contribution in [0, 0.1) is 5.92 Å². The maximum Gasteiger partial charge on any atom is 0.326 e. The maximum absolute atomic E-state index is 12.3. The Balaban J connectivity index is 4.80. The zero-order valence-corrected chi connectivity index (χ0v) is 16.7. The molecule has 12 heteroatoms. The van der Waals surface area contributed by atoms with E-state index in [1.165, 1.54) is 6.92 Å². The van der Waals surface area contributed by atoms with Crippen LogP contribution < -0.4 is 21.7 Å². The molecular formula is C17H30N4O8. The molecule has 0 rings (SSSR count). The fourth-order valence-corrected chi connectivity index (χ4v) is 2.26. The molecule has 0 aliphatic rings. The topological polar surface area (TPSA) is 208 Å². The highest BCUT2D eigenvalue weighted by Crippen LogP contribution is 2.08. The number of carboxylic acids is 2. The van der Waals surface area contributed by atoms with Crippen LogP contribution in [0.25, 0.3) is 0 Å². The minimum atomic E-state index is -1.44. The Bertz CT molecular complexity index is 610. The molecule has 0 fully saturated rings. The van der Waals surface area contributed by atoms with Crippen LogP contribution in [0.1, 0.15) is 40.0 Å². The Morgan fingerprint density at radius 1 is 0.966 bits per heavy atom. The quantitative estimate of drug-likeness (QED) is 0.172. The zero-order valence-electron chi connectivity index (χ0n) is 16.7. The van der Waals surface area contributed by atoms with Gasteiger partial charge in [0.15, 0.2) is 0 Å². The van der Waals surface area contributed by atoms with Gasteiger partial charge in [0.2, 0.25) is 17.7 Å². The van der Waals surface area contributed by atoms with Crippen molar-refractivity contribution in [3.05, 3.63) is 0 Å². The number of nitrogens with two attached hydrogens (primary N) is 1. The Kier molecular flexibility index (Phi) is 11.5. The second-order valence-electron chi connectivity index (χ2n) is 6.75. The summed E-state index contributed by atoms with van der Waals surface area (Å²) in [5.41, 5.74) is 5.51. The zero-order chi connectivity index (χ0) is 22.7. The van der Waals surface area contributed by atoms with Gasteiger partial charge in [0.05, 0.1) is 18.7 Å². The van der Waals surface area contributed by atoms with E-state index in [-0.39, 0.29) is 18.8 Å². The van der Waals surface area contributed by atoms with Crippen LogP contribution in [0.15, 0.2) is 0 Å². The molecule has 0 aromatic rings. The summed E-state index contributed by atoms with van der Waals surface area (Å²) >= 11 is 0. The van der Waals surface area contributed by atoms with Crippen molar-refractivity contribution >= 4 is 29.7 Å². The van der Waals surface area contributed by atoms with E-state index < -0.39 is 60.4 Å². The van der Waals surface area contributed by atoms with Gasteiger partial charge in [0.25, 0.3) is 0 Å². The van der Waals surface area contributed by atoms with Gasteiger partial charge in [-0.05, 0) is 19.3 Å². The molecule has 0 aromatic carbocycles. The predicted molar refractivity (Wildman–Crippen MR) is 100 cm³/mol. The molecule has 0 spiro atoms. The van der Waals surface area contributed by atoms with Crippen molar-refractivity contribution in [2.24, 2.45) is 11.7 Å². The lowest BCUT2D eigenvalue weighted by atomic mass is 9.98. The molecule has 29 heavy (non-hydrogen) atoms. The fraction of sp³-hybridized carbons (Fsp3) is 0.706. The second kappa shape index (κ2) is 12.7. The van der Waals surface area contributed by atoms with E-state index in [0.717, 1.165) is 0 Å². The van der Waals surface area contributed by atoms with E-state index >= 15 is 0 Å². The molecule has 0 aromatic heterocycles.